The summed E-state index contributed by atoms with van der Waals surface area (Å²) in [6, 6.07) is 0. The summed E-state index contributed by atoms with van der Waals surface area (Å²) in [5.41, 5.74) is 0.176. The molecule has 1 atom stereocenters. The third-order valence-electron chi connectivity index (χ3n) is 1.04. The zero-order valence-corrected chi connectivity index (χ0v) is 8.77. The molecule has 0 aromatic rings. The molecule has 6 heteroatoms. The molecule has 0 fully saturated rings. The zero-order chi connectivity index (χ0) is 12.4. The van der Waals surface area contributed by atoms with Gasteiger partial charge in [0.25, 0.3) is 0 Å². The fourth-order valence-corrected chi connectivity index (χ4v) is 0.267. The number of aliphatic hydroxyl groups excluding tert-OH is 2. The van der Waals surface area contributed by atoms with Gasteiger partial charge in [-0.05, 0) is 13.8 Å². The van der Waals surface area contributed by atoms with Crippen molar-refractivity contribution in [3.8, 4) is 0 Å². The Morgan fingerprint density at radius 2 is 1.87 bits per heavy atom. The molecular weight excluding hydrogens is 204 g/mol. The summed E-state index contributed by atoms with van der Waals surface area (Å²) in [6.45, 7) is 5.65. The molecule has 0 heterocycles. The number of hydrogen-bond donors (Lipinski definition) is 3. The quantitative estimate of drug-likeness (QED) is 0.438. The number of carboxylic acids is 1. The van der Waals surface area contributed by atoms with Gasteiger partial charge in [-0.25, -0.2) is 9.59 Å². The zero-order valence-electron chi connectivity index (χ0n) is 8.77. The largest absolute Gasteiger partial charge is 0.478 e. The van der Waals surface area contributed by atoms with Crippen LogP contribution in [0.15, 0.2) is 12.2 Å². The van der Waals surface area contributed by atoms with Gasteiger partial charge in [-0.1, -0.05) is 6.58 Å². The van der Waals surface area contributed by atoms with E-state index < -0.39 is 18.0 Å². The summed E-state index contributed by atoms with van der Waals surface area (Å²) < 4.78 is 4.31. The van der Waals surface area contributed by atoms with E-state index >= 15 is 0 Å². The van der Waals surface area contributed by atoms with Crippen LogP contribution in [0.2, 0.25) is 0 Å². The summed E-state index contributed by atoms with van der Waals surface area (Å²) in [6.07, 6.45) is -1.10. The van der Waals surface area contributed by atoms with Crippen LogP contribution in [0, 0.1) is 0 Å². The Bertz CT molecular complexity index is 209. The second-order valence-corrected chi connectivity index (χ2v) is 2.65. The topological polar surface area (TPSA) is 104 Å². The summed E-state index contributed by atoms with van der Waals surface area (Å²) in [5, 5.41) is 24.5. The van der Waals surface area contributed by atoms with Crippen LogP contribution in [0.25, 0.3) is 0 Å². The Kier molecular flexibility index (Phi) is 9.81. The lowest BCUT2D eigenvalue weighted by Gasteiger charge is -2.02. The molecule has 15 heavy (non-hydrogen) atoms. The molecule has 0 amide bonds. The van der Waals surface area contributed by atoms with E-state index in [1.807, 2.05) is 0 Å². The van der Waals surface area contributed by atoms with E-state index in [0.717, 1.165) is 0 Å². The lowest BCUT2D eigenvalue weighted by atomic mass is 10.4. The highest BCUT2D eigenvalue weighted by Crippen LogP contribution is 1.84. The first-order valence-electron chi connectivity index (χ1n) is 4.17. The van der Waals surface area contributed by atoms with Crippen molar-refractivity contribution in [1.82, 2.24) is 0 Å². The van der Waals surface area contributed by atoms with Crippen LogP contribution < -0.4 is 0 Å². The fraction of sp³-hybridized carbons (Fsp3) is 0.556. The normalized spacial score (nSPS) is 10.7. The predicted molar refractivity (Wildman–Crippen MR) is 52.2 cm³/mol. The molecule has 1 unspecified atom stereocenters. The minimum absolute atomic E-state index is 0.0519. The average molecular weight is 220 g/mol. The molecule has 6 nitrogen and oxygen atoms in total. The molecule has 0 saturated heterocycles. The minimum Gasteiger partial charge on any atom is -0.478 e. The number of aliphatic hydroxyl groups is 2. The Labute approximate surface area is 87.8 Å². The number of carbonyl (C=O) groups is 2. The molecule has 0 aromatic heterocycles. The van der Waals surface area contributed by atoms with Crippen LogP contribution in [0.4, 0.5) is 0 Å². The number of aliphatic carboxylic acids is 1. The summed E-state index contributed by atoms with van der Waals surface area (Å²) in [4.78, 5) is 19.9. The van der Waals surface area contributed by atoms with E-state index in [-0.39, 0.29) is 18.8 Å². The van der Waals surface area contributed by atoms with Gasteiger partial charge in [-0.2, -0.15) is 0 Å². The van der Waals surface area contributed by atoms with E-state index in [4.69, 9.17) is 15.3 Å². The van der Waals surface area contributed by atoms with E-state index in [0.29, 0.717) is 0 Å². The Hall–Kier alpha value is -1.40. The number of carboxylic acid groups (broad SMARTS) is 1. The highest BCUT2D eigenvalue weighted by Gasteiger charge is 2.08. The van der Waals surface area contributed by atoms with Gasteiger partial charge in [0.2, 0.25) is 0 Å². The number of esters is 1. The molecule has 0 bridgehead atoms. The standard InChI is InChI=1S/C5H10O4.C4H6O2/c1-4(7)5(8)9-3-2-6;1-3(2)4(5)6/h4,6-7H,2-3H2,1H3;1H2,2H3,(H,5,6). The van der Waals surface area contributed by atoms with Crippen molar-refractivity contribution in [3.63, 3.8) is 0 Å². The molecule has 0 saturated carbocycles. The van der Waals surface area contributed by atoms with Gasteiger partial charge in [0.15, 0.2) is 0 Å². The maximum atomic E-state index is 10.3. The van der Waals surface area contributed by atoms with Crippen molar-refractivity contribution in [2.45, 2.75) is 20.0 Å². The maximum absolute atomic E-state index is 10.3. The molecular formula is C9H16O6. The smallest absolute Gasteiger partial charge is 0.334 e. The lowest BCUT2D eigenvalue weighted by molar-refractivity contribution is -0.153. The molecule has 0 aromatic carbocycles. The Morgan fingerprint density at radius 1 is 1.47 bits per heavy atom. The first kappa shape index (κ1) is 16.0. The van der Waals surface area contributed by atoms with Crippen molar-refractivity contribution in [2.75, 3.05) is 13.2 Å². The summed E-state index contributed by atoms with van der Waals surface area (Å²) in [7, 11) is 0. The van der Waals surface area contributed by atoms with Gasteiger partial charge < -0.3 is 20.1 Å². The second kappa shape index (κ2) is 9.17. The fourth-order valence-electron chi connectivity index (χ4n) is 0.267. The summed E-state index contributed by atoms with van der Waals surface area (Å²) in [5.74, 6) is -1.64. The van der Waals surface area contributed by atoms with Crippen molar-refractivity contribution >= 4 is 11.9 Å². The number of rotatable bonds is 4. The molecule has 0 spiro atoms. The molecule has 0 aliphatic carbocycles. The van der Waals surface area contributed by atoms with Crippen molar-refractivity contribution < 1.29 is 29.6 Å². The molecule has 0 radical (unpaired) electrons. The predicted octanol–water partition coefficient (Wildman–Crippen LogP) is -0.450. The number of carbonyl (C=O) groups excluding carboxylic acids is 1. The van der Waals surface area contributed by atoms with Crippen LogP contribution >= 0.6 is 0 Å². The van der Waals surface area contributed by atoms with E-state index in [2.05, 4.69) is 11.3 Å². The van der Waals surface area contributed by atoms with Crippen LogP contribution in [-0.2, 0) is 14.3 Å². The molecule has 0 aliphatic rings. The first-order valence-corrected chi connectivity index (χ1v) is 4.17. The number of hydrogen-bond acceptors (Lipinski definition) is 5. The third-order valence-corrected chi connectivity index (χ3v) is 1.04. The highest BCUT2D eigenvalue weighted by atomic mass is 16.6. The van der Waals surface area contributed by atoms with Gasteiger partial charge in [0, 0.05) is 5.57 Å². The van der Waals surface area contributed by atoms with Gasteiger partial charge in [-0.3, -0.25) is 0 Å². The first-order chi connectivity index (χ1) is 6.82. The van der Waals surface area contributed by atoms with Gasteiger partial charge in [0.1, 0.15) is 12.7 Å². The highest BCUT2D eigenvalue weighted by molar-refractivity contribution is 5.84. The van der Waals surface area contributed by atoms with E-state index in [9.17, 15) is 9.59 Å². The van der Waals surface area contributed by atoms with E-state index in [1.54, 1.807) is 0 Å². The van der Waals surface area contributed by atoms with Crippen molar-refractivity contribution in [3.05, 3.63) is 12.2 Å². The van der Waals surface area contributed by atoms with E-state index in [1.165, 1.54) is 13.8 Å². The molecule has 88 valence electrons. The van der Waals surface area contributed by atoms with Crippen molar-refractivity contribution in [1.29, 1.82) is 0 Å². The summed E-state index contributed by atoms with van der Waals surface area (Å²) >= 11 is 0. The molecule has 0 aliphatic heterocycles. The minimum atomic E-state index is -1.10. The third kappa shape index (κ3) is 12.6. The second-order valence-electron chi connectivity index (χ2n) is 2.65. The number of ether oxygens (including phenoxy) is 1. The van der Waals surface area contributed by atoms with Crippen molar-refractivity contribution in [2.24, 2.45) is 0 Å². The average Bonchev–Trinajstić information content (AvgIpc) is 2.14. The van der Waals surface area contributed by atoms with Crippen LogP contribution in [0.1, 0.15) is 13.8 Å². The van der Waals surface area contributed by atoms with Crippen LogP contribution in [0.3, 0.4) is 0 Å². The Balaban J connectivity index is 0. The maximum Gasteiger partial charge on any atom is 0.334 e. The van der Waals surface area contributed by atoms with Gasteiger partial charge in [0.05, 0.1) is 6.61 Å². The molecule has 3 N–H and O–H groups in total. The SMILES string of the molecule is C=C(C)C(=O)O.CC(O)C(=O)OCCO. The van der Waals surface area contributed by atoms with Crippen LogP contribution in [-0.4, -0.2) is 46.6 Å². The Morgan fingerprint density at radius 3 is 2.07 bits per heavy atom. The molecule has 0 rings (SSSR count). The lowest BCUT2D eigenvalue weighted by Crippen LogP contribution is -2.20. The van der Waals surface area contributed by atoms with Gasteiger partial charge in [-0.15, -0.1) is 0 Å². The monoisotopic (exact) mass is 220 g/mol. The van der Waals surface area contributed by atoms with Gasteiger partial charge >= 0.3 is 11.9 Å². The van der Waals surface area contributed by atoms with Crippen LogP contribution in [0.5, 0.6) is 0 Å².